The van der Waals surface area contributed by atoms with Crippen molar-refractivity contribution in [3.63, 3.8) is 0 Å². The van der Waals surface area contributed by atoms with Crippen LogP contribution in [-0.4, -0.2) is 16.1 Å². The molecule has 106 valence electrons. The highest BCUT2D eigenvalue weighted by atomic mass is 35.5. The summed E-state index contributed by atoms with van der Waals surface area (Å²) in [6, 6.07) is 9.60. The van der Waals surface area contributed by atoms with E-state index in [1.807, 2.05) is 0 Å². The van der Waals surface area contributed by atoms with Crippen LogP contribution in [0.3, 0.4) is 0 Å². The standard InChI is InChI=1S/C13H8ClN3O4/c14-13-6-5-12(17(20)21)7-9(13)8-15-10-1-3-11(4-2-10)16(18)19/h1-8H/b15-8+. The van der Waals surface area contributed by atoms with Crippen LogP contribution in [0.2, 0.25) is 5.02 Å². The lowest BCUT2D eigenvalue weighted by Crippen LogP contribution is -1.91. The second-order valence-electron chi connectivity index (χ2n) is 3.99. The molecule has 8 heteroatoms. The number of non-ortho nitro benzene ring substituents is 2. The average Bonchev–Trinajstić information content (AvgIpc) is 2.46. The van der Waals surface area contributed by atoms with Crippen LogP contribution >= 0.6 is 11.6 Å². The lowest BCUT2D eigenvalue weighted by molar-refractivity contribution is -0.385. The predicted octanol–water partition coefficient (Wildman–Crippen LogP) is 3.91. The molecule has 2 aromatic carbocycles. The van der Waals surface area contributed by atoms with Gasteiger partial charge in [0.25, 0.3) is 11.4 Å². The van der Waals surface area contributed by atoms with Crippen molar-refractivity contribution in [3.8, 4) is 0 Å². The summed E-state index contributed by atoms with van der Waals surface area (Å²) in [5.41, 5.74) is 0.735. The van der Waals surface area contributed by atoms with Crippen LogP contribution in [-0.2, 0) is 0 Å². The Balaban J connectivity index is 2.26. The number of nitro benzene ring substituents is 2. The second-order valence-corrected chi connectivity index (χ2v) is 4.40. The van der Waals surface area contributed by atoms with Gasteiger partial charge in [-0.1, -0.05) is 11.6 Å². The molecular formula is C13H8ClN3O4. The maximum Gasteiger partial charge on any atom is 0.270 e. The number of halogens is 1. The van der Waals surface area contributed by atoms with Crippen LogP contribution in [0, 0.1) is 20.2 Å². The van der Waals surface area contributed by atoms with Gasteiger partial charge in [-0.15, -0.1) is 0 Å². The van der Waals surface area contributed by atoms with Gasteiger partial charge in [-0.25, -0.2) is 0 Å². The number of rotatable bonds is 4. The van der Waals surface area contributed by atoms with Gasteiger partial charge in [-0.3, -0.25) is 25.2 Å². The molecule has 0 spiro atoms. The maximum atomic E-state index is 10.7. The van der Waals surface area contributed by atoms with E-state index in [0.29, 0.717) is 16.3 Å². The van der Waals surface area contributed by atoms with E-state index in [1.54, 1.807) is 0 Å². The molecule has 2 aromatic rings. The van der Waals surface area contributed by atoms with Crippen LogP contribution in [0.15, 0.2) is 47.5 Å². The molecule has 2 rings (SSSR count). The van der Waals surface area contributed by atoms with E-state index in [4.69, 9.17) is 11.6 Å². The Morgan fingerprint density at radius 1 is 0.952 bits per heavy atom. The van der Waals surface area contributed by atoms with E-state index in [9.17, 15) is 20.2 Å². The first-order chi connectivity index (χ1) is 9.97. The van der Waals surface area contributed by atoms with Crippen molar-refractivity contribution in [1.29, 1.82) is 0 Å². The molecule has 0 saturated carbocycles. The third-order valence-electron chi connectivity index (χ3n) is 2.60. The Morgan fingerprint density at radius 3 is 2.10 bits per heavy atom. The maximum absolute atomic E-state index is 10.7. The van der Waals surface area contributed by atoms with Crippen LogP contribution in [0.25, 0.3) is 0 Å². The van der Waals surface area contributed by atoms with Crippen molar-refractivity contribution in [3.05, 3.63) is 73.3 Å². The molecule has 0 aliphatic heterocycles. The zero-order valence-corrected chi connectivity index (χ0v) is 11.2. The summed E-state index contributed by atoms with van der Waals surface area (Å²) in [7, 11) is 0. The minimum atomic E-state index is -0.528. The molecule has 0 amide bonds. The minimum Gasteiger partial charge on any atom is -0.258 e. The van der Waals surface area contributed by atoms with Crippen LogP contribution in [0.4, 0.5) is 17.1 Å². The highest BCUT2D eigenvalue weighted by molar-refractivity contribution is 6.33. The summed E-state index contributed by atoms with van der Waals surface area (Å²) in [6.07, 6.45) is 1.37. The van der Waals surface area contributed by atoms with Crippen LogP contribution < -0.4 is 0 Å². The third-order valence-corrected chi connectivity index (χ3v) is 2.95. The molecule has 0 atom stereocenters. The first-order valence-electron chi connectivity index (χ1n) is 5.70. The van der Waals surface area contributed by atoms with E-state index < -0.39 is 9.85 Å². The van der Waals surface area contributed by atoms with E-state index >= 15 is 0 Å². The zero-order chi connectivity index (χ0) is 15.4. The molecule has 0 saturated heterocycles. The molecule has 7 nitrogen and oxygen atoms in total. The second kappa shape index (κ2) is 6.10. The number of hydrogen-bond acceptors (Lipinski definition) is 5. The Bertz CT molecular complexity index is 729. The van der Waals surface area contributed by atoms with Crippen molar-refractivity contribution in [2.75, 3.05) is 0 Å². The quantitative estimate of drug-likeness (QED) is 0.485. The van der Waals surface area contributed by atoms with Crippen molar-refractivity contribution in [2.24, 2.45) is 4.99 Å². The van der Waals surface area contributed by atoms with Gasteiger partial charge in [-0.2, -0.15) is 0 Å². The number of nitro groups is 2. The van der Waals surface area contributed by atoms with Gasteiger partial charge in [0.15, 0.2) is 0 Å². The lowest BCUT2D eigenvalue weighted by atomic mass is 10.2. The van der Waals surface area contributed by atoms with E-state index in [2.05, 4.69) is 4.99 Å². The summed E-state index contributed by atoms with van der Waals surface area (Å²) in [5, 5.41) is 21.5. The fourth-order valence-corrected chi connectivity index (χ4v) is 1.71. The Labute approximate surface area is 123 Å². The smallest absolute Gasteiger partial charge is 0.258 e. The molecule has 0 aliphatic rings. The third kappa shape index (κ3) is 3.61. The van der Waals surface area contributed by atoms with Gasteiger partial charge in [0.05, 0.1) is 15.5 Å². The SMILES string of the molecule is O=[N+]([O-])c1ccc(/N=C/c2cc([N+](=O)[O-])ccc2Cl)cc1. The van der Waals surface area contributed by atoms with E-state index in [0.717, 1.165) is 0 Å². The van der Waals surface area contributed by atoms with E-state index in [1.165, 1.54) is 48.7 Å². The number of nitrogens with zero attached hydrogens (tertiary/aromatic N) is 3. The van der Waals surface area contributed by atoms with Gasteiger partial charge < -0.3 is 0 Å². The molecule has 0 bridgehead atoms. The molecule has 0 heterocycles. The molecule has 0 aliphatic carbocycles. The Morgan fingerprint density at radius 2 is 1.52 bits per heavy atom. The normalized spacial score (nSPS) is 10.7. The Kier molecular flexibility index (Phi) is 4.24. The van der Waals surface area contributed by atoms with Crippen molar-refractivity contribution < 1.29 is 9.85 Å². The van der Waals surface area contributed by atoms with E-state index in [-0.39, 0.29) is 11.4 Å². The van der Waals surface area contributed by atoms with Gasteiger partial charge in [-0.05, 0) is 18.2 Å². The summed E-state index contributed by atoms with van der Waals surface area (Å²) >= 11 is 5.93. The lowest BCUT2D eigenvalue weighted by Gasteiger charge is -1.98. The zero-order valence-electron chi connectivity index (χ0n) is 10.5. The number of hydrogen-bond donors (Lipinski definition) is 0. The summed E-state index contributed by atoms with van der Waals surface area (Å²) in [4.78, 5) is 24.3. The van der Waals surface area contributed by atoms with Gasteiger partial charge in [0, 0.05) is 41.1 Å². The molecular weight excluding hydrogens is 298 g/mol. The molecule has 0 radical (unpaired) electrons. The van der Waals surface area contributed by atoms with Gasteiger partial charge in [0.2, 0.25) is 0 Å². The van der Waals surface area contributed by atoms with Crippen molar-refractivity contribution in [2.45, 2.75) is 0 Å². The highest BCUT2D eigenvalue weighted by Gasteiger charge is 2.08. The fourth-order valence-electron chi connectivity index (χ4n) is 1.55. The monoisotopic (exact) mass is 305 g/mol. The average molecular weight is 306 g/mol. The summed E-state index contributed by atoms with van der Waals surface area (Å²) < 4.78 is 0. The van der Waals surface area contributed by atoms with Crippen LogP contribution in [0.5, 0.6) is 0 Å². The highest BCUT2D eigenvalue weighted by Crippen LogP contribution is 2.22. The number of aliphatic imine (C=N–C) groups is 1. The minimum absolute atomic E-state index is 0.0395. The Hall–Kier alpha value is -2.80. The molecule has 0 fully saturated rings. The predicted molar refractivity (Wildman–Crippen MR) is 78.5 cm³/mol. The fraction of sp³-hybridized carbons (Fsp3) is 0. The summed E-state index contributed by atoms with van der Waals surface area (Å²) in [6.45, 7) is 0. The number of benzene rings is 2. The van der Waals surface area contributed by atoms with Crippen LogP contribution in [0.1, 0.15) is 5.56 Å². The largest absolute Gasteiger partial charge is 0.270 e. The van der Waals surface area contributed by atoms with Crippen molar-refractivity contribution in [1.82, 2.24) is 0 Å². The first-order valence-corrected chi connectivity index (χ1v) is 6.07. The topological polar surface area (TPSA) is 98.6 Å². The summed E-state index contributed by atoms with van der Waals surface area (Å²) in [5.74, 6) is 0. The molecule has 0 unspecified atom stereocenters. The molecule has 21 heavy (non-hydrogen) atoms. The van der Waals surface area contributed by atoms with Gasteiger partial charge in [0.1, 0.15) is 0 Å². The first kappa shape index (κ1) is 14.6. The van der Waals surface area contributed by atoms with Crippen molar-refractivity contribution >= 4 is 34.9 Å². The van der Waals surface area contributed by atoms with Gasteiger partial charge >= 0.3 is 0 Å². The molecule has 0 aromatic heterocycles. The molecule has 0 N–H and O–H groups in total.